The smallest absolute Gasteiger partial charge is 0.309 e. The van der Waals surface area contributed by atoms with E-state index in [-0.39, 0.29) is 5.97 Å². The molecular weight excluding hydrogens is 244 g/mol. The van der Waals surface area contributed by atoms with E-state index in [1.165, 1.54) is 7.11 Å². The van der Waals surface area contributed by atoms with Gasteiger partial charge in [0.1, 0.15) is 5.60 Å². The SMILES string of the molecule is CCOc1ccccc1OC1(CC(=O)OC)CCC1. The minimum Gasteiger partial charge on any atom is -0.490 e. The van der Waals surface area contributed by atoms with Gasteiger partial charge in [-0.3, -0.25) is 4.79 Å². The molecule has 104 valence electrons. The Bertz CT molecular complexity index is 438. The van der Waals surface area contributed by atoms with E-state index in [2.05, 4.69) is 0 Å². The number of esters is 1. The van der Waals surface area contributed by atoms with E-state index in [1.807, 2.05) is 31.2 Å². The zero-order valence-corrected chi connectivity index (χ0v) is 11.5. The number of rotatable bonds is 6. The molecule has 0 bridgehead atoms. The summed E-state index contributed by atoms with van der Waals surface area (Å²) in [7, 11) is 1.41. The van der Waals surface area contributed by atoms with Crippen LogP contribution in [0.3, 0.4) is 0 Å². The third kappa shape index (κ3) is 3.19. The van der Waals surface area contributed by atoms with Gasteiger partial charge in [-0.05, 0) is 38.3 Å². The fraction of sp³-hybridized carbons (Fsp3) is 0.533. The fourth-order valence-electron chi connectivity index (χ4n) is 2.26. The van der Waals surface area contributed by atoms with Crippen LogP contribution in [-0.4, -0.2) is 25.3 Å². The molecule has 0 saturated heterocycles. The molecule has 1 fully saturated rings. The summed E-state index contributed by atoms with van der Waals surface area (Å²) in [5.74, 6) is 1.20. The van der Waals surface area contributed by atoms with Gasteiger partial charge < -0.3 is 14.2 Å². The lowest BCUT2D eigenvalue weighted by Gasteiger charge is -2.41. The van der Waals surface area contributed by atoms with Gasteiger partial charge in [0.05, 0.1) is 20.1 Å². The highest BCUT2D eigenvalue weighted by Crippen LogP contribution is 2.42. The molecule has 0 atom stereocenters. The van der Waals surface area contributed by atoms with Gasteiger partial charge in [-0.2, -0.15) is 0 Å². The number of benzene rings is 1. The first-order valence-electron chi connectivity index (χ1n) is 6.67. The summed E-state index contributed by atoms with van der Waals surface area (Å²) in [6.07, 6.45) is 3.13. The third-order valence-corrected chi connectivity index (χ3v) is 3.43. The van der Waals surface area contributed by atoms with E-state index in [0.29, 0.717) is 18.8 Å². The molecule has 0 aliphatic heterocycles. The second-order valence-electron chi connectivity index (χ2n) is 4.77. The summed E-state index contributed by atoms with van der Waals surface area (Å²) >= 11 is 0. The van der Waals surface area contributed by atoms with Gasteiger partial charge in [0.15, 0.2) is 11.5 Å². The average Bonchev–Trinajstić information content (AvgIpc) is 2.38. The van der Waals surface area contributed by atoms with E-state index in [9.17, 15) is 4.79 Å². The molecule has 0 radical (unpaired) electrons. The predicted molar refractivity (Wildman–Crippen MR) is 71.5 cm³/mol. The van der Waals surface area contributed by atoms with Crippen molar-refractivity contribution in [1.82, 2.24) is 0 Å². The van der Waals surface area contributed by atoms with Crippen molar-refractivity contribution in [3.63, 3.8) is 0 Å². The lowest BCUT2D eigenvalue weighted by atomic mass is 9.77. The Kier molecular flexibility index (Phi) is 4.30. The molecule has 0 N–H and O–H groups in total. The van der Waals surface area contributed by atoms with Gasteiger partial charge in [-0.15, -0.1) is 0 Å². The number of carbonyl (C=O) groups is 1. The molecule has 0 heterocycles. The van der Waals surface area contributed by atoms with Crippen molar-refractivity contribution in [2.24, 2.45) is 0 Å². The molecule has 1 aliphatic carbocycles. The van der Waals surface area contributed by atoms with Crippen molar-refractivity contribution >= 4 is 5.97 Å². The Hall–Kier alpha value is -1.71. The number of ether oxygens (including phenoxy) is 3. The first kappa shape index (κ1) is 13.7. The van der Waals surface area contributed by atoms with E-state index in [4.69, 9.17) is 14.2 Å². The monoisotopic (exact) mass is 264 g/mol. The number of para-hydroxylation sites is 2. The van der Waals surface area contributed by atoms with Crippen LogP contribution in [0.15, 0.2) is 24.3 Å². The standard InChI is InChI=1S/C15H20O4/c1-3-18-12-7-4-5-8-13(12)19-15(9-6-10-15)11-14(16)17-2/h4-5,7-8H,3,6,9-11H2,1-2H3. The fourth-order valence-corrected chi connectivity index (χ4v) is 2.26. The van der Waals surface area contributed by atoms with Crippen LogP contribution in [0, 0.1) is 0 Å². The third-order valence-electron chi connectivity index (χ3n) is 3.43. The van der Waals surface area contributed by atoms with Crippen LogP contribution in [0.1, 0.15) is 32.6 Å². The van der Waals surface area contributed by atoms with Crippen molar-refractivity contribution < 1.29 is 19.0 Å². The van der Waals surface area contributed by atoms with Gasteiger partial charge in [-0.1, -0.05) is 12.1 Å². The van der Waals surface area contributed by atoms with Crippen molar-refractivity contribution in [3.8, 4) is 11.5 Å². The molecule has 1 aromatic carbocycles. The van der Waals surface area contributed by atoms with Crippen molar-refractivity contribution in [2.45, 2.75) is 38.2 Å². The number of methoxy groups -OCH3 is 1. The molecule has 19 heavy (non-hydrogen) atoms. The molecule has 0 aromatic heterocycles. The maximum atomic E-state index is 11.5. The van der Waals surface area contributed by atoms with Gasteiger partial charge in [0.2, 0.25) is 0 Å². The van der Waals surface area contributed by atoms with Crippen molar-refractivity contribution in [2.75, 3.05) is 13.7 Å². The summed E-state index contributed by atoms with van der Waals surface area (Å²) in [5, 5.41) is 0. The highest BCUT2D eigenvalue weighted by molar-refractivity contribution is 5.70. The number of hydrogen-bond acceptors (Lipinski definition) is 4. The normalized spacial score (nSPS) is 16.3. The van der Waals surface area contributed by atoms with Crippen LogP contribution >= 0.6 is 0 Å². The summed E-state index contributed by atoms with van der Waals surface area (Å²) < 4.78 is 16.4. The zero-order valence-electron chi connectivity index (χ0n) is 11.5. The first-order valence-corrected chi connectivity index (χ1v) is 6.67. The minimum atomic E-state index is -0.416. The quantitative estimate of drug-likeness (QED) is 0.741. The van der Waals surface area contributed by atoms with Crippen LogP contribution < -0.4 is 9.47 Å². The van der Waals surface area contributed by atoms with Crippen LogP contribution in [0.25, 0.3) is 0 Å². The maximum Gasteiger partial charge on any atom is 0.309 e. The van der Waals surface area contributed by atoms with Crippen LogP contribution in [0.2, 0.25) is 0 Å². The Morgan fingerprint density at radius 1 is 1.26 bits per heavy atom. The zero-order chi connectivity index (χ0) is 13.7. The summed E-state index contributed by atoms with van der Waals surface area (Å²) in [6, 6.07) is 7.57. The minimum absolute atomic E-state index is 0.228. The van der Waals surface area contributed by atoms with Gasteiger partial charge in [-0.25, -0.2) is 0 Å². The van der Waals surface area contributed by atoms with Crippen molar-refractivity contribution in [1.29, 1.82) is 0 Å². The molecular formula is C15H20O4. The largest absolute Gasteiger partial charge is 0.490 e. The van der Waals surface area contributed by atoms with Gasteiger partial charge in [0, 0.05) is 0 Å². The Morgan fingerprint density at radius 2 is 1.95 bits per heavy atom. The summed E-state index contributed by atoms with van der Waals surface area (Å²) in [5.41, 5.74) is -0.416. The van der Waals surface area contributed by atoms with Crippen LogP contribution in [0.4, 0.5) is 0 Å². The molecule has 1 aromatic rings. The van der Waals surface area contributed by atoms with Crippen molar-refractivity contribution in [3.05, 3.63) is 24.3 Å². The maximum absolute atomic E-state index is 11.5. The Morgan fingerprint density at radius 3 is 2.47 bits per heavy atom. The topological polar surface area (TPSA) is 44.8 Å². The Balaban J connectivity index is 2.12. The average molecular weight is 264 g/mol. The molecule has 1 aliphatic rings. The van der Waals surface area contributed by atoms with E-state index in [1.54, 1.807) is 0 Å². The van der Waals surface area contributed by atoms with E-state index >= 15 is 0 Å². The molecule has 0 spiro atoms. The van der Waals surface area contributed by atoms with Gasteiger partial charge in [0.25, 0.3) is 0 Å². The first-order chi connectivity index (χ1) is 9.19. The molecule has 0 amide bonds. The Labute approximate surface area is 113 Å². The van der Waals surface area contributed by atoms with E-state index < -0.39 is 5.60 Å². The summed E-state index contributed by atoms with van der Waals surface area (Å²) in [6.45, 7) is 2.52. The lowest BCUT2D eigenvalue weighted by Crippen LogP contribution is -2.45. The summed E-state index contributed by atoms with van der Waals surface area (Å²) in [4.78, 5) is 11.5. The predicted octanol–water partition coefficient (Wildman–Crippen LogP) is 2.95. The van der Waals surface area contributed by atoms with Crippen LogP contribution in [-0.2, 0) is 9.53 Å². The van der Waals surface area contributed by atoms with Crippen LogP contribution in [0.5, 0.6) is 11.5 Å². The van der Waals surface area contributed by atoms with E-state index in [0.717, 1.165) is 25.0 Å². The number of hydrogen-bond donors (Lipinski definition) is 0. The highest BCUT2D eigenvalue weighted by Gasteiger charge is 2.42. The molecule has 2 rings (SSSR count). The lowest BCUT2D eigenvalue weighted by molar-refractivity contribution is -0.148. The molecule has 4 heteroatoms. The molecule has 1 saturated carbocycles. The van der Waals surface area contributed by atoms with Gasteiger partial charge >= 0.3 is 5.97 Å². The highest BCUT2D eigenvalue weighted by atomic mass is 16.5. The number of carbonyl (C=O) groups excluding carboxylic acids is 1. The second-order valence-corrected chi connectivity index (χ2v) is 4.77. The molecule has 0 unspecified atom stereocenters. The second kappa shape index (κ2) is 5.95. The molecule has 4 nitrogen and oxygen atoms in total.